The Morgan fingerprint density at radius 2 is 1.63 bits per heavy atom. The maximum absolute atomic E-state index is 14.1. The Morgan fingerprint density at radius 1 is 1.00 bits per heavy atom. The minimum Gasteiger partial charge on any atom is -0.298 e. The molecule has 1 amide bonds. The van der Waals surface area contributed by atoms with Gasteiger partial charge in [0, 0.05) is 22.9 Å². The van der Waals surface area contributed by atoms with E-state index in [0.717, 1.165) is 65.9 Å². The summed E-state index contributed by atoms with van der Waals surface area (Å²) >= 11 is 19.2. The van der Waals surface area contributed by atoms with Crippen LogP contribution in [0.1, 0.15) is 91.3 Å². The largest absolute Gasteiger partial charge is 0.298 e. The van der Waals surface area contributed by atoms with Gasteiger partial charge in [0.25, 0.3) is 0 Å². The molecule has 2 aromatic carbocycles. The monoisotopic (exact) mass is 650 g/mol. The zero-order chi connectivity index (χ0) is 32.5. The molecule has 43 heavy (non-hydrogen) atoms. The van der Waals surface area contributed by atoms with Crippen molar-refractivity contribution in [3.8, 4) is 11.1 Å². The number of rotatable bonds is 6. The highest BCUT2D eigenvalue weighted by Gasteiger charge is 2.33. The number of hydrogen-bond acceptors (Lipinski definition) is 2. The van der Waals surface area contributed by atoms with E-state index in [2.05, 4.69) is 37.8 Å². The molecule has 1 saturated heterocycles. The lowest BCUT2D eigenvalue weighted by Gasteiger charge is -2.41. The van der Waals surface area contributed by atoms with E-state index < -0.39 is 0 Å². The molecular weight excluding hydrogens is 602 g/mol. The van der Waals surface area contributed by atoms with E-state index in [4.69, 9.17) is 34.8 Å². The van der Waals surface area contributed by atoms with Crippen LogP contribution in [0.3, 0.4) is 0 Å². The molecule has 2 aliphatic heterocycles. The number of nitrogens with zero attached hydrogens (tertiary/aromatic N) is 2. The number of halogens is 4. The van der Waals surface area contributed by atoms with Gasteiger partial charge in [0.1, 0.15) is 5.82 Å². The summed E-state index contributed by atoms with van der Waals surface area (Å²) in [6.45, 7) is 20.6. The maximum Gasteiger partial charge on any atom is 0.231 e. The fourth-order valence-corrected chi connectivity index (χ4v) is 6.69. The average Bonchev–Trinajstić information content (AvgIpc) is 2.96. The fourth-order valence-electron chi connectivity index (χ4n) is 5.92. The highest BCUT2D eigenvalue weighted by molar-refractivity contribution is 6.37. The number of hydrogen-bond donors (Lipinski definition) is 0. The van der Waals surface area contributed by atoms with Gasteiger partial charge < -0.3 is 0 Å². The first kappa shape index (κ1) is 37.3. The molecule has 0 radical (unpaired) electrons. The highest BCUT2D eigenvalue weighted by atomic mass is 35.5. The van der Waals surface area contributed by atoms with Crippen LogP contribution in [0, 0.1) is 18.7 Å². The van der Waals surface area contributed by atoms with Crippen LogP contribution < -0.4 is 4.90 Å². The van der Waals surface area contributed by atoms with Crippen molar-refractivity contribution in [1.82, 2.24) is 4.90 Å². The first-order chi connectivity index (χ1) is 20.4. The van der Waals surface area contributed by atoms with E-state index >= 15 is 0 Å². The van der Waals surface area contributed by atoms with Crippen LogP contribution in [0.15, 0.2) is 52.2 Å². The second-order valence-electron chi connectivity index (χ2n) is 11.7. The van der Waals surface area contributed by atoms with Gasteiger partial charge in [-0.2, -0.15) is 0 Å². The third kappa shape index (κ3) is 9.33. The molecule has 0 aromatic heterocycles. The van der Waals surface area contributed by atoms with E-state index in [1.807, 2.05) is 40.7 Å². The summed E-state index contributed by atoms with van der Waals surface area (Å²) in [5.74, 6) is 0.427. The molecule has 0 spiro atoms. The Kier molecular flexibility index (Phi) is 14.8. The van der Waals surface area contributed by atoms with Crippen LogP contribution in [0.25, 0.3) is 11.1 Å². The van der Waals surface area contributed by atoms with Gasteiger partial charge in [-0.15, -0.1) is 11.6 Å². The summed E-state index contributed by atoms with van der Waals surface area (Å²) in [6.07, 6.45) is 5.72. The SMILES string of the molecule is C/C(Cl)=C(\C(Cl)=C/CCl)N1C(=O)CCc2c(-c3ccc(F)cc3C)cc(CC3CCN(C(C)(C)C)CC3)cc21.CC.CC. The number of anilines is 1. The van der Waals surface area contributed by atoms with Gasteiger partial charge in [-0.05, 0) is 131 Å². The van der Waals surface area contributed by atoms with Crippen molar-refractivity contribution in [2.24, 2.45) is 5.92 Å². The number of aryl methyl sites for hydroxylation is 1. The van der Waals surface area contributed by atoms with Crippen molar-refractivity contribution < 1.29 is 9.18 Å². The maximum atomic E-state index is 14.1. The molecule has 0 bridgehead atoms. The molecule has 238 valence electrons. The third-order valence-electron chi connectivity index (χ3n) is 7.96. The molecule has 0 N–H and O–H groups in total. The molecule has 2 aromatic rings. The predicted octanol–water partition coefficient (Wildman–Crippen LogP) is 11.0. The van der Waals surface area contributed by atoms with Gasteiger partial charge in [0.05, 0.1) is 16.4 Å². The summed E-state index contributed by atoms with van der Waals surface area (Å²) in [4.78, 5) is 17.7. The lowest BCUT2D eigenvalue weighted by atomic mass is 9.84. The first-order valence-electron chi connectivity index (χ1n) is 15.7. The van der Waals surface area contributed by atoms with Crippen molar-refractivity contribution in [3.63, 3.8) is 0 Å². The summed E-state index contributed by atoms with van der Waals surface area (Å²) in [7, 11) is 0. The summed E-state index contributed by atoms with van der Waals surface area (Å²) < 4.78 is 14.1. The Bertz CT molecular complexity index is 1300. The number of alkyl halides is 1. The van der Waals surface area contributed by atoms with Gasteiger partial charge in [-0.25, -0.2) is 4.39 Å². The minimum absolute atomic E-state index is 0.0592. The van der Waals surface area contributed by atoms with E-state index in [1.165, 1.54) is 6.07 Å². The number of carbonyl (C=O) groups is 1. The normalized spacial score (nSPS) is 16.9. The molecule has 2 heterocycles. The van der Waals surface area contributed by atoms with Crippen molar-refractivity contribution in [2.45, 2.75) is 100.0 Å². The van der Waals surface area contributed by atoms with E-state index in [0.29, 0.717) is 34.5 Å². The highest BCUT2D eigenvalue weighted by Crippen LogP contribution is 2.43. The third-order valence-corrected chi connectivity index (χ3v) is 8.63. The second-order valence-corrected chi connectivity index (χ2v) is 13.0. The van der Waals surface area contributed by atoms with Crippen LogP contribution in [0.2, 0.25) is 0 Å². The summed E-state index contributed by atoms with van der Waals surface area (Å²) in [5, 5.41) is 0.764. The van der Waals surface area contributed by atoms with Crippen LogP contribution in [-0.4, -0.2) is 35.3 Å². The minimum atomic E-state index is -0.260. The molecule has 3 nitrogen and oxygen atoms in total. The lowest BCUT2D eigenvalue weighted by molar-refractivity contribution is -0.118. The number of benzene rings is 2. The Balaban J connectivity index is 0.00000155. The van der Waals surface area contributed by atoms with Crippen LogP contribution in [0.4, 0.5) is 10.1 Å². The van der Waals surface area contributed by atoms with Gasteiger partial charge in [-0.1, -0.05) is 63.0 Å². The predicted molar refractivity (Wildman–Crippen MR) is 186 cm³/mol. The Hall–Kier alpha value is -1.85. The average molecular weight is 652 g/mol. The second kappa shape index (κ2) is 17.0. The topological polar surface area (TPSA) is 23.6 Å². The molecule has 0 saturated carbocycles. The number of likely N-dealkylation sites (tertiary alicyclic amines) is 1. The number of carbonyl (C=O) groups excluding carboxylic acids is 1. The van der Waals surface area contributed by atoms with Gasteiger partial charge in [0.2, 0.25) is 5.91 Å². The summed E-state index contributed by atoms with van der Waals surface area (Å²) in [6, 6.07) is 9.29. The molecule has 0 aliphatic carbocycles. The van der Waals surface area contributed by atoms with E-state index in [9.17, 15) is 9.18 Å². The molecule has 0 atom stereocenters. The van der Waals surface area contributed by atoms with Gasteiger partial charge in [-0.3, -0.25) is 14.6 Å². The van der Waals surface area contributed by atoms with E-state index in [1.54, 1.807) is 24.0 Å². The Morgan fingerprint density at radius 3 is 2.16 bits per heavy atom. The molecule has 2 aliphatic rings. The lowest BCUT2D eigenvalue weighted by Crippen LogP contribution is -2.46. The number of fused-ring (bicyclic) bond motifs is 1. The fraction of sp³-hybridized carbons (Fsp3) is 0.528. The van der Waals surface area contributed by atoms with Crippen molar-refractivity contribution >= 4 is 46.4 Å². The molecule has 4 rings (SSSR count). The zero-order valence-corrected chi connectivity index (χ0v) is 29.8. The van der Waals surface area contributed by atoms with Gasteiger partial charge in [0.15, 0.2) is 0 Å². The standard InChI is InChI=1S/C32H38Cl3FN2O.2C2H6/c1-20-16-24(36)6-7-25(20)27-18-23(17-22-11-14-37(15-12-22)32(3,4)5)19-29-26(27)8-9-30(39)38(29)31(21(2)34)28(35)10-13-33;2*1-2/h6-7,10,16,18-19,22H,8-9,11-15,17H2,1-5H3;2*1-2H3/b28-10+,31-21-;;. The molecule has 1 fully saturated rings. The van der Waals surface area contributed by atoms with Crippen molar-refractivity contribution in [2.75, 3.05) is 23.9 Å². The smallest absolute Gasteiger partial charge is 0.231 e. The van der Waals surface area contributed by atoms with Gasteiger partial charge >= 0.3 is 0 Å². The molecule has 7 heteroatoms. The van der Waals surface area contributed by atoms with E-state index in [-0.39, 0.29) is 23.1 Å². The molecule has 0 unspecified atom stereocenters. The van der Waals surface area contributed by atoms with Crippen LogP contribution >= 0.6 is 34.8 Å². The van der Waals surface area contributed by atoms with Crippen LogP contribution in [-0.2, 0) is 17.6 Å². The zero-order valence-electron chi connectivity index (χ0n) is 27.5. The molecular formula is C36H50Cl3FN2O. The quantitative estimate of drug-likeness (QED) is 0.229. The summed E-state index contributed by atoms with van der Waals surface area (Å²) in [5.41, 5.74) is 6.50. The van der Waals surface area contributed by atoms with Crippen LogP contribution in [0.5, 0.6) is 0 Å². The number of amides is 1. The number of allylic oxidation sites excluding steroid dienone is 3. The number of piperidine rings is 1. The van der Waals surface area contributed by atoms with Crippen molar-refractivity contribution in [1.29, 1.82) is 0 Å². The first-order valence-corrected chi connectivity index (χ1v) is 17.0. The van der Waals surface area contributed by atoms with Crippen molar-refractivity contribution in [3.05, 3.63) is 74.7 Å². The Labute approximate surface area is 275 Å².